The number of fused-ring (bicyclic) bond motifs is 1. The van der Waals surface area contributed by atoms with Crippen molar-refractivity contribution in [3.8, 4) is 0 Å². The molecule has 112 valence electrons. The lowest BCUT2D eigenvalue weighted by Crippen LogP contribution is -2.27. The van der Waals surface area contributed by atoms with Crippen molar-refractivity contribution in [2.75, 3.05) is 5.32 Å². The van der Waals surface area contributed by atoms with Gasteiger partial charge in [-0.25, -0.2) is 4.98 Å². The first-order chi connectivity index (χ1) is 9.63. The first-order valence-corrected chi connectivity index (χ1v) is 7.56. The van der Waals surface area contributed by atoms with Gasteiger partial charge in [0.15, 0.2) is 5.13 Å². The summed E-state index contributed by atoms with van der Waals surface area (Å²) in [6.07, 6.45) is 2.75. The van der Waals surface area contributed by atoms with Crippen LogP contribution in [-0.4, -0.2) is 16.9 Å². The van der Waals surface area contributed by atoms with Crippen molar-refractivity contribution in [3.05, 3.63) is 46.0 Å². The molecule has 0 aliphatic heterocycles. The van der Waals surface area contributed by atoms with Crippen molar-refractivity contribution in [3.63, 3.8) is 0 Å². The summed E-state index contributed by atoms with van der Waals surface area (Å²) in [4.78, 5) is 18.0. The number of aryl methyl sites for hydroxylation is 2. The van der Waals surface area contributed by atoms with E-state index in [4.69, 9.17) is 5.73 Å². The number of nitrogens with zero attached hydrogens (tertiary/aromatic N) is 1. The number of benzene rings is 1. The summed E-state index contributed by atoms with van der Waals surface area (Å²) < 4.78 is 0. The molecule has 21 heavy (non-hydrogen) atoms. The van der Waals surface area contributed by atoms with Gasteiger partial charge in [0.1, 0.15) is 0 Å². The molecule has 1 heterocycles. The van der Waals surface area contributed by atoms with Crippen LogP contribution in [-0.2, 0) is 12.8 Å². The second-order valence-corrected chi connectivity index (χ2v) is 6.24. The quantitative estimate of drug-likeness (QED) is 0.892. The number of amides is 1. The Bertz CT molecular complexity index is 656. The van der Waals surface area contributed by atoms with E-state index in [9.17, 15) is 4.79 Å². The fourth-order valence-corrected chi connectivity index (χ4v) is 3.54. The van der Waals surface area contributed by atoms with E-state index in [2.05, 4.69) is 10.3 Å². The molecule has 2 aromatic rings. The molecule has 1 atom stereocenters. The van der Waals surface area contributed by atoms with Crippen molar-refractivity contribution in [2.24, 2.45) is 5.73 Å². The van der Waals surface area contributed by atoms with Crippen molar-refractivity contribution < 1.29 is 4.79 Å². The normalized spacial score (nSPS) is 16.8. The number of halogens is 1. The van der Waals surface area contributed by atoms with Gasteiger partial charge in [-0.2, -0.15) is 0 Å². The second kappa shape index (κ2) is 6.56. The molecule has 0 unspecified atom stereocenters. The maximum atomic E-state index is 12.2. The molecule has 1 amide bonds. The van der Waals surface area contributed by atoms with Crippen molar-refractivity contribution in [1.82, 2.24) is 4.98 Å². The molecular weight excluding hydrogens is 306 g/mol. The van der Waals surface area contributed by atoms with Gasteiger partial charge in [0, 0.05) is 16.5 Å². The predicted octanol–water partition coefficient (Wildman–Crippen LogP) is 2.94. The van der Waals surface area contributed by atoms with E-state index < -0.39 is 0 Å². The Morgan fingerprint density at radius 1 is 1.43 bits per heavy atom. The van der Waals surface area contributed by atoms with E-state index in [1.165, 1.54) is 4.88 Å². The van der Waals surface area contributed by atoms with Crippen LogP contribution in [0.15, 0.2) is 24.3 Å². The fourth-order valence-electron chi connectivity index (χ4n) is 2.45. The molecule has 1 aromatic heterocycles. The van der Waals surface area contributed by atoms with Crippen LogP contribution in [0.1, 0.15) is 32.9 Å². The molecule has 0 fully saturated rings. The molecule has 0 saturated carbocycles. The number of anilines is 1. The highest BCUT2D eigenvalue weighted by atomic mass is 35.5. The topological polar surface area (TPSA) is 68.0 Å². The number of aromatic nitrogens is 1. The van der Waals surface area contributed by atoms with Crippen LogP contribution in [0.2, 0.25) is 0 Å². The molecule has 6 heteroatoms. The van der Waals surface area contributed by atoms with Crippen LogP contribution in [0.3, 0.4) is 0 Å². The van der Waals surface area contributed by atoms with Crippen LogP contribution in [0.25, 0.3) is 0 Å². The number of nitrogens with two attached hydrogens (primary N) is 1. The van der Waals surface area contributed by atoms with Crippen LogP contribution in [0, 0.1) is 6.92 Å². The Balaban J connectivity index is 0.00000161. The van der Waals surface area contributed by atoms with E-state index in [1.54, 1.807) is 11.3 Å². The Morgan fingerprint density at radius 3 is 2.95 bits per heavy atom. The molecule has 1 aliphatic rings. The molecule has 1 aliphatic carbocycles. The largest absolute Gasteiger partial charge is 0.327 e. The number of nitrogens with one attached hydrogen (secondary N) is 1. The highest BCUT2D eigenvalue weighted by Crippen LogP contribution is 2.29. The highest BCUT2D eigenvalue weighted by molar-refractivity contribution is 7.15. The minimum atomic E-state index is -0.0986. The van der Waals surface area contributed by atoms with E-state index in [0.717, 1.165) is 30.5 Å². The van der Waals surface area contributed by atoms with Crippen LogP contribution >= 0.6 is 23.7 Å². The maximum Gasteiger partial charge on any atom is 0.257 e. The van der Waals surface area contributed by atoms with Gasteiger partial charge in [-0.05, 0) is 37.8 Å². The van der Waals surface area contributed by atoms with Gasteiger partial charge >= 0.3 is 0 Å². The minimum absolute atomic E-state index is 0. The summed E-state index contributed by atoms with van der Waals surface area (Å²) in [7, 11) is 0. The molecule has 0 spiro atoms. The molecular formula is C15H18ClN3OS. The summed E-state index contributed by atoms with van der Waals surface area (Å²) in [5, 5.41) is 3.58. The van der Waals surface area contributed by atoms with Gasteiger partial charge in [-0.1, -0.05) is 18.2 Å². The van der Waals surface area contributed by atoms with Crippen molar-refractivity contribution >= 4 is 34.8 Å². The molecule has 3 N–H and O–H groups in total. The van der Waals surface area contributed by atoms with Gasteiger partial charge in [0.2, 0.25) is 0 Å². The lowest BCUT2D eigenvalue weighted by atomic mass is 9.99. The molecule has 0 bridgehead atoms. The van der Waals surface area contributed by atoms with E-state index in [1.807, 2.05) is 31.2 Å². The van der Waals surface area contributed by atoms with Crippen LogP contribution in [0.4, 0.5) is 5.13 Å². The van der Waals surface area contributed by atoms with E-state index >= 15 is 0 Å². The number of rotatable bonds is 2. The third-order valence-electron chi connectivity index (χ3n) is 3.59. The number of thiazole rings is 1. The lowest BCUT2D eigenvalue weighted by Gasteiger charge is -2.15. The summed E-state index contributed by atoms with van der Waals surface area (Å²) in [5.41, 5.74) is 8.71. The smallest absolute Gasteiger partial charge is 0.257 e. The Hall–Kier alpha value is -1.43. The molecule has 0 radical (unpaired) electrons. The SMILES string of the molecule is Cc1ccccc1C(=O)Nc1nc2c(s1)C[C@@H](N)CC2.Cl. The number of carbonyl (C=O) groups is 1. The molecule has 3 rings (SSSR count). The second-order valence-electron chi connectivity index (χ2n) is 5.16. The number of hydrogen-bond acceptors (Lipinski definition) is 4. The van der Waals surface area contributed by atoms with Gasteiger partial charge in [0.05, 0.1) is 5.69 Å². The van der Waals surface area contributed by atoms with Gasteiger partial charge in [-0.3, -0.25) is 10.1 Å². The summed E-state index contributed by atoms with van der Waals surface area (Å²) in [5.74, 6) is -0.0986. The number of hydrogen-bond donors (Lipinski definition) is 2. The van der Waals surface area contributed by atoms with Gasteiger partial charge in [-0.15, -0.1) is 23.7 Å². The average Bonchev–Trinajstić information content (AvgIpc) is 2.80. The zero-order valence-corrected chi connectivity index (χ0v) is 13.4. The van der Waals surface area contributed by atoms with E-state index in [-0.39, 0.29) is 24.4 Å². The average molecular weight is 324 g/mol. The number of carbonyl (C=O) groups excluding carboxylic acids is 1. The summed E-state index contributed by atoms with van der Waals surface area (Å²) in [6.45, 7) is 1.93. The molecule has 0 saturated heterocycles. The maximum absolute atomic E-state index is 12.2. The fraction of sp³-hybridized carbons (Fsp3) is 0.333. The first kappa shape index (κ1) is 15.9. The van der Waals surface area contributed by atoms with Crippen LogP contribution < -0.4 is 11.1 Å². The highest BCUT2D eigenvalue weighted by Gasteiger charge is 2.21. The monoisotopic (exact) mass is 323 g/mol. The van der Waals surface area contributed by atoms with Gasteiger partial charge in [0.25, 0.3) is 5.91 Å². The zero-order chi connectivity index (χ0) is 14.1. The van der Waals surface area contributed by atoms with Crippen molar-refractivity contribution in [1.29, 1.82) is 0 Å². The predicted molar refractivity (Wildman–Crippen MR) is 88.5 cm³/mol. The summed E-state index contributed by atoms with van der Waals surface area (Å²) >= 11 is 1.54. The van der Waals surface area contributed by atoms with Gasteiger partial charge < -0.3 is 5.73 Å². The van der Waals surface area contributed by atoms with Crippen molar-refractivity contribution in [2.45, 2.75) is 32.2 Å². The lowest BCUT2D eigenvalue weighted by molar-refractivity contribution is 0.102. The molecule has 4 nitrogen and oxygen atoms in total. The summed E-state index contributed by atoms with van der Waals surface area (Å²) in [6, 6.07) is 7.78. The third kappa shape index (κ3) is 3.43. The Morgan fingerprint density at radius 2 is 2.19 bits per heavy atom. The minimum Gasteiger partial charge on any atom is -0.327 e. The van der Waals surface area contributed by atoms with E-state index in [0.29, 0.717) is 10.7 Å². The third-order valence-corrected chi connectivity index (χ3v) is 4.62. The zero-order valence-electron chi connectivity index (χ0n) is 11.8. The molecule has 1 aromatic carbocycles. The first-order valence-electron chi connectivity index (χ1n) is 6.74. The van der Waals surface area contributed by atoms with Crippen LogP contribution in [0.5, 0.6) is 0 Å². The Kier molecular flexibility index (Phi) is 4.98. The Labute approximate surface area is 134 Å². The standard InChI is InChI=1S/C15H17N3OS.ClH/c1-9-4-2-3-5-11(9)14(19)18-15-17-12-7-6-10(16)8-13(12)20-15;/h2-5,10H,6-8,16H2,1H3,(H,17,18,19);1H/t10-;/m0./s1.